The number of anilines is 1. The van der Waals surface area contributed by atoms with E-state index in [2.05, 4.69) is 10.00 Å². The first-order valence-electron chi connectivity index (χ1n) is 13.4. The average Bonchev–Trinajstić information content (AvgIpc) is 3.01. The third-order valence-electron chi connectivity index (χ3n) is 7.43. The van der Waals surface area contributed by atoms with E-state index in [1.807, 2.05) is 78.6 Å². The molecule has 0 radical (unpaired) electrons. The predicted octanol–water partition coefficient (Wildman–Crippen LogP) is 5.23. The van der Waals surface area contributed by atoms with Crippen molar-refractivity contribution in [1.82, 2.24) is 14.7 Å². The van der Waals surface area contributed by atoms with Crippen LogP contribution in [0.15, 0.2) is 102 Å². The van der Waals surface area contributed by atoms with E-state index >= 15 is 0 Å². The van der Waals surface area contributed by atoms with E-state index < -0.39 is 10.5 Å². The Bertz CT molecular complexity index is 1840. The Kier molecular flexibility index (Phi) is 6.76. The van der Waals surface area contributed by atoms with Crippen LogP contribution in [0.3, 0.4) is 0 Å². The number of fused-ring (bicyclic) bond motifs is 1. The molecule has 1 fully saturated rings. The van der Waals surface area contributed by atoms with Gasteiger partial charge in [0, 0.05) is 54.4 Å². The molecule has 6 rings (SSSR count). The number of benzene rings is 4. The Morgan fingerprint density at radius 1 is 0.829 bits per heavy atom. The van der Waals surface area contributed by atoms with Crippen molar-refractivity contribution in [2.45, 2.75) is 6.92 Å². The monoisotopic (exact) mass is 545 g/mol. The van der Waals surface area contributed by atoms with Gasteiger partial charge in [0.1, 0.15) is 5.69 Å². The summed E-state index contributed by atoms with van der Waals surface area (Å²) in [5.74, 6) is -0.0157. The van der Waals surface area contributed by atoms with Crippen molar-refractivity contribution in [3.63, 3.8) is 0 Å². The highest BCUT2D eigenvalue weighted by Gasteiger charge is 2.26. The summed E-state index contributed by atoms with van der Waals surface area (Å²) in [6.07, 6.45) is 0. The van der Waals surface area contributed by atoms with Crippen molar-refractivity contribution in [3.05, 3.63) is 129 Å². The van der Waals surface area contributed by atoms with Crippen molar-refractivity contribution >= 4 is 28.1 Å². The molecule has 5 aromatic rings. The van der Waals surface area contributed by atoms with Crippen molar-refractivity contribution < 1.29 is 9.72 Å². The van der Waals surface area contributed by atoms with Gasteiger partial charge in [-0.1, -0.05) is 66.2 Å². The van der Waals surface area contributed by atoms with Gasteiger partial charge in [-0.25, -0.2) is 0 Å². The first kappa shape index (κ1) is 25.9. The van der Waals surface area contributed by atoms with Crippen LogP contribution in [0.5, 0.6) is 0 Å². The van der Waals surface area contributed by atoms with E-state index in [0.29, 0.717) is 48.2 Å². The number of carbonyl (C=O) groups excluding carboxylic acids is 1. The van der Waals surface area contributed by atoms with Crippen molar-refractivity contribution in [2.24, 2.45) is 0 Å². The molecule has 204 valence electrons. The molecule has 41 heavy (non-hydrogen) atoms. The van der Waals surface area contributed by atoms with Crippen molar-refractivity contribution in [1.29, 1.82) is 0 Å². The van der Waals surface area contributed by atoms with Crippen LogP contribution in [0, 0.1) is 17.0 Å². The molecule has 0 unspecified atom stereocenters. The van der Waals surface area contributed by atoms with Crippen LogP contribution in [-0.4, -0.2) is 51.7 Å². The van der Waals surface area contributed by atoms with E-state index in [-0.39, 0.29) is 17.3 Å². The number of piperazine rings is 1. The minimum atomic E-state index is -0.497. The smallest absolute Gasteiger partial charge is 0.295 e. The quantitative estimate of drug-likeness (QED) is 0.221. The van der Waals surface area contributed by atoms with Gasteiger partial charge in [0.2, 0.25) is 0 Å². The topological polar surface area (TPSA) is 102 Å². The summed E-state index contributed by atoms with van der Waals surface area (Å²) >= 11 is 0. The van der Waals surface area contributed by atoms with Gasteiger partial charge in [0.15, 0.2) is 0 Å². The van der Waals surface area contributed by atoms with Crippen LogP contribution in [0.4, 0.5) is 11.4 Å². The largest absolute Gasteiger partial charge is 0.368 e. The van der Waals surface area contributed by atoms with Gasteiger partial charge in [-0.15, -0.1) is 0 Å². The zero-order valence-corrected chi connectivity index (χ0v) is 22.4. The van der Waals surface area contributed by atoms with Gasteiger partial charge < -0.3 is 9.80 Å². The molecule has 0 saturated carbocycles. The van der Waals surface area contributed by atoms with Crippen LogP contribution >= 0.6 is 0 Å². The maximum absolute atomic E-state index is 13.7. The molecule has 0 spiro atoms. The number of rotatable bonds is 5. The summed E-state index contributed by atoms with van der Waals surface area (Å²) in [5, 5.41) is 17.9. The van der Waals surface area contributed by atoms with Crippen LogP contribution in [0.1, 0.15) is 15.9 Å². The zero-order valence-electron chi connectivity index (χ0n) is 22.4. The lowest BCUT2D eigenvalue weighted by molar-refractivity contribution is -0.384. The molecule has 1 amide bonds. The lowest BCUT2D eigenvalue weighted by Crippen LogP contribution is -2.48. The molecule has 0 N–H and O–H groups in total. The summed E-state index contributed by atoms with van der Waals surface area (Å²) in [6.45, 7) is 4.06. The number of nitro groups is 1. The van der Waals surface area contributed by atoms with E-state index in [4.69, 9.17) is 0 Å². The summed E-state index contributed by atoms with van der Waals surface area (Å²) in [4.78, 5) is 42.2. The standard InChI is InChI=1S/C32H27N5O4/c1-22-8-7-11-24(20-22)31(38)35-18-16-34(17-19-35)25-14-15-28(37(40)41)29(21-25)36-32(39)27-13-6-5-12-26(27)30(33-36)23-9-3-2-4-10-23/h2-15,20-21H,16-19H2,1H3. The second-order valence-corrected chi connectivity index (χ2v) is 10.1. The van der Waals surface area contributed by atoms with E-state index in [0.717, 1.165) is 21.5 Å². The number of carbonyl (C=O) groups is 1. The number of hydrogen-bond donors (Lipinski definition) is 0. The Labute approximate surface area is 236 Å². The van der Waals surface area contributed by atoms with Gasteiger partial charge >= 0.3 is 0 Å². The molecule has 0 bridgehead atoms. The lowest BCUT2D eigenvalue weighted by atomic mass is 10.1. The number of aryl methyl sites for hydroxylation is 1. The van der Waals surface area contributed by atoms with Crippen molar-refractivity contribution in [2.75, 3.05) is 31.1 Å². The van der Waals surface area contributed by atoms with E-state index in [9.17, 15) is 19.7 Å². The number of nitrogens with zero attached hydrogens (tertiary/aromatic N) is 5. The normalized spacial score (nSPS) is 13.4. The maximum atomic E-state index is 13.7. The van der Waals surface area contributed by atoms with Crippen LogP contribution in [0.2, 0.25) is 0 Å². The molecule has 9 heteroatoms. The Morgan fingerprint density at radius 3 is 2.24 bits per heavy atom. The van der Waals surface area contributed by atoms with Gasteiger partial charge in [0.25, 0.3) is 17.2 Å². The SMILES string of the molecule is Cc1cccc(C(=O)N2CCN(c3ccc([N+](=O)[O-])c(-n4nc(-c5ccccc5)c5ccccc5c4=O)c3)CC2)c1. The van der Waals surface area contributed by atoms with Gasteiger partial charge in [-0.2, -0.15) is 9.78 Å². The Hall–Kier alpha value is -5.31. The second-order valence-electron chi connectivity index (χ2n) is 10.1. The Balaban J connectivity index is 1.38. The number of amides is 1. The fraction of sp³-hybridized carbons (Fsp3) is 0.156. The number of hydrogen-bond acceptors (Lipinski definition) is 6. The highest BCUT2D eigenvalue weighted by Crippen LogP contribution is 2.31. The molecule has 0 atom stereocenters. The van der Waals surface area contributed by atoms with Crippen LogP contribution < -0.4 is 10.5 Å². The van der Waals surface area contributed by atoms with Gasteiger partial charge in [-0.3, -0.25) is 19.7 Å². The maximum Gasteiger partial charge on any atom is 0.295 e. The molecular weight excluding hydrogens is 518 g/mol. The average molecular weight is 546 g/mol. The van der Waals surface area contributed by atoms with Gasteiger partial charge in [-0.05, 0) is 37.3 Å². The van der Waals surface area contributed by atoms with Crippen LogP contribution in [-0.2, 0) is 0 Å². The molecule has 0 aliphatic carbocycles. The first-order valence-corrected chi connectivity index (χ1v) is 13.4. The highest BCUT2D eigenvalue weighted by atomic mass is 16.6. The summed E-state index contributed by atoms with van der Waals surface area (Å²) in [5.41, 5.74) is 3.21. The van der Waals surface area contributed by atoms with E-state index in [1.54, 1.807) is 24.3 Å². The fourth-order valence-electron chi connectivity index (χ4n) is 5.32. The predicted molar refractivity (Wildman–Crippen MR) is 159 cm³/mol. The van der Waals surface area contributed by atoms with Crippen molar-refractivity contribution in [3.8, 4) is 16.9 Å². The summed E-state index contributed by atoms with van der Waals surface area (Å²) in [7, 11) is 0. The third kappa shape index (κ3) is 4.93. The molecular formula is C32H27N5O4. The van der Waals surface area contributed by atoms with E-state index in [1.165, 1.54) is 6.07 Å². The summed E-state index contributed by atoms with van der Waals surface area (Å²) < 4.78 is 1.14. The van der Waals surface area contributed by atoms with Gasteiger partial charge in [0.05, 0.1) is 16.0 Å². The number of nitro benzene ring substituents is 1. The molecule has 1 aliphatic heterocycles. The molecule has 2 heterocycles. The summed E-state index contributed by atoms with van der Waals surface area (Å²) in [6, 6.07) is 28.9. The first-order chi connectivity index (χ1) is 19.9. The zero-order chi connectivity index (χ0) is 28.5. The van der Waals surface area contributed by atoms with Crippen LogP contribution in [0.25, 0.3) is 27.7 Å². The molecule has 1 aromatic heterocycles. The number of aromatic nitrogens is 2. The Morgan fingerprint density at radius 2 is 1.54 bits per heavy atom. The fourth-order valence-corrected chi connectivity index (χ4v) is 5.32. The second kappa shape index (κ2) is 10.7. The minimum absolute atomic E-state index is 0.0157. The lowest BCUT2D eigenvalue weighted by Gasteiger charge is -2.36. The molecule has 4 aromatic carbocycles. The molecule has 1 aliphatic rings. The minimum Gasteiger partial charge on any atom is -0.368 e. The third-order valence-corrected chi connectivity index (χ3v) is 7.43. The molecule has 9 nitrogen and oxygen atoms in total. The highest BCUT2D eigenvalue weighted by molar-refractivity contribution is 5.95. The molecule has 1 saturated heterocycles.